The Balaban J connectivity index is 1.39. The topological polar surface area (TPSA) is 92.2 Å². The Labute approximate surface area is 193 Å². The number of anilines is 1. The molecule has 0 spiro atoms. The minimum absolute atomic E-state index is 0.329. The number of aliphatic hydroxyl groups is 2. The van der Waals surface area contributed by atoms with E-state index in [-0.39, 0.29) is 0 Å². The molecule has 172 valence electrons. The van der Waals surface area contributed by atoms with Gasteiger partial charge in [0.25, 0.3) is 0 Å². The largest absolute Gasteiger partial charge is 0.390 e. The Hall–Kier alpha value is -3.23. The molecule has 33 heavy (non-hydrogen) atoms. The van der Waals surface area contributed by atoms with Gasteiger partial charge in [-0.3, -0.25) is 0 Å². The molecule has 1 fully saturated rings. The van der Waals surface area contributed by atoms with Crippen LogP contribution >= 0.6 is 0 Å². The molecule has 0 saturated heterocycles. The lowest BCUT2D eigenvalue weighted by molar-refractivity contribution is -0.109. The zero-order valence-electron chi connectivity index (χ0n) is 18.9. The Bertz CT molecular complexity index is 1200. The molecule has 0 amide bonds. The lowest BCUT2D eigenvalue weighted by atomic mass is 9.82. The minimum atomic E-state index is -1.12. The van der Waals surface area contributed by atoms with E-state index >= 15 is 0 Å². The predicted molar refractivity (Wildman–Crippen MR) is 127 cm³/mol. The maximum Gasteiger partial charge on any atom is 0.145 e. The van der Waals surface area contributed by atoms with E-state index in [1.54, 1.807) is 12.5 Å². The zero-order chi connectivity index (χ0) is 22.8. The van der Waals surface area contributed by atoms with Gasteiger partial charge in [-0.25, -0.2) is 14.6 Å². The third kappa shape index (κ3) is 4.24. The molecule has 8 heteroatoms. The number of hydrogen-bond donors (Lipinski definition) is 2. The number of fused-ring (bicyclic) bond motifs is 1. The van der Waals surface area contributed by atoms with Crippen molar-refractivity contribution in [1.82, 2.24) is 24.3 Å². The summed E-state index contributed by atoms with van der Waals surface area (Å²) in [5.41, 5.74) is 1.87. The van der Waals surface area contributed by atoms with Crippen LogP contribution in [-0.2, 0) is 13.1 Å². The number of hydrogen-bond acceptors (Lipinski definition) is 6. The van der Waals surface area contributed by atoms with Gasteiger partial charge in [-0.05, 0) is 49.6 Å². The Morgan fingerprint density at radius 2 is 1.97 bits per heavy atom. The van der Waals surface area contributed by atoms with Gasteiger partial charge in [0.2, 0.25) is 0 Å². The molecule has 3 aromatic heterocycles. The van der Waals surface area contributed by atoms with Crippen molar-refractivity contribution in [2.75, 3.05) is 11.4 Å². The van der Waals surface area contributed by atoms with Crippen molar-refractivity contribution in [3.63, 3.8) is 0 Å². The van der Waals surface area contributed by atoms with Gasteiger partial charge in [-0.1, -0.05) is 25.0 Å². The lowest BCUT2D eigenvalue weighted by Gasteiger charge is -2.37. The molecule has 0 bridgehead atoms. The van der Waals surface area contributed by atoms with Gasteiger partial charge < -0.3 is 19.7 Å². The molecule has 2 atom stereocenters. The summed E-state index contributed by atoms with van der Waals surface area (Å²) in [7, 11) is 0. The monoisotopic (exact) mass is 446 g/mol. The summed E-state index contributed by atoms with van der Waals surface area (Å²) in [6.07, 6.45) is 9.63. The van der Waals surface area contributed by atoms with Crippen molar-refractivity contribution in [2.24, 2.45) is 0 Å². The maximum atomic E-state index is 11.1. The molecular weight excluding hydrogens is 416 g/mol. The second-order valence-corrected chi connectivity index (χ2v) is 8.87. The quantitative estimate of drug-likeness (QED) is 0.453. The fourth-order valence-corrected chi connectivity index (χ4v) is 4.79. The van der Waals surface area contributed by atoms with Crippen LogP contribution in [0.25, 0.3) is 16.7 Å². The summed E-state index contributed by atoms with van der Waals surface area (Å²) < 4.78 is 3.79. The number of nitrogens with zero attached hydrogens (tertiary/aromatic N) is 6. The first-order chi connectivity index (χ1) is 16.1. The molecule has 3 heterocycles. The average molecular weight is 447 g/mol. The minimum Gasteiger partial charge on any atom is -0.390 e. The Morgan fingerprint density at radius 3 is 2.70 bits per heavy atom. The summed E-state index contributed by atoms with van der Waals surface area (Å²) in [4.78, 5) is 11.3. The van der Waals surface area contributed by atoms with Crippen LogP contribution in [0, 0.1) is 0 Å². The van der Waals surface area contributed by atoms with Crippen LogP contribution in [-0.4, -0.2) is 52.8 Å². The molecule has 2 N–H and O–H groups in total. The van der Waals surface area contributed by atoms with Gasteiger partial charge >= 0.3 is 0 Å². The van der Waals surface area contributed by atoms with Crippen LogP contribution in [0.4, 0.5) is 5.82 Å². The fraction of sp³-hybridized carbons (Fsp3) is 0.400. The van der Waals surface area contributed by atoms with Crippen LogP contribution in [0.2, 0.25) is 0 Å². The van der Waals surface area contributed by atoms with E-state index in [4.69, 9.17) is 0 Å². The Kier molecular flexibility index (Phi) is 5.86. The van der Waals surface area contributed by atoms with Crippen molar-refractivity contribution >= 4 is 16.9 Å². The van der Waals surface area contributed by atoms with Gasteiger partial charge in [-0.2, -0.15) is 5.10 Å². The predicted octanol–water partition coefficient (Wildman–Crippen LogP) is 3.31. The summed E-state index contributed by atoms with van der Waals surface area (Å²) in [6, 6.07) is 12.3. The summed E-state index contributed by atoms with van der Waals surface area (Å²) >= 11 is 0. The van der Waals surface area contributed by atoms with E-state index < -0.39 is 11.7 Å². The summed E-state index contributed by atoms with van der Waals surface area (Å²) in [5.74, 6) is 0.869. The highest BCUT2D eigenvalue weighted by Gasteiger charge is 2.38. The molecule has 1 aliphatic rings. The van der Waals surface area contributed by atoms with Crippen LogP contribution in [0.3, 0.4) is 0 Å². The van der Waals surface area contributed by atoms with Gasteiger partial charge in [0.05, 0.1) is 23.7 Å². The molecule has 0 unspecified atom stereocenters. The summed E-state index contributed by atoms with van der Waals surface area (Å²) in [5, 5.41) is 26.7. The van der Waals surface area contributed by atoms with Crippen molar-refractivity contribution in [3.05, 3.63) is 66.9 Å². The smallest absolute Gasteiger partial charge is 0.145 e. The highest BCUT2D eigenvalue weighted by atomic mass is 16.3. The molecule has 8 nitrogen and oxygen atoms in total. The highest BCUT2D eigenvalue weighted by Crippen LogP contribution is 2.32. The third-order valence-electron chi connectivity index (χ3n) is 6.70. The van der Waals surface area contributed by atoms with E-state index in [9.17, 15) is 10.2 Å². The highest BCUT2D eigenvalue weighted by molar-refractivity contribution is 5.87. The van der Waals surface area contributed by atoms with E-state index in [2.05, 4.69) is 51.2 Å². The van der Waals surface area contributed by atoms with Crippen molar-refractivity contribution in [3.8, 4) is 5.69 Å². The van der Waals surface area contributed by atoms with Crippen LogP contribution in [0.15, 0.2) is 61.3 Å². The van der Waals surface area contributed by atoms with Gasteiger partial charge in [0, 0.05) is 31.7 Å². The average Bonchev–Trinajstić information content (AvgIpc) is 3.51. The molecule has 0 aliphatic heterocycles. The van der Waals surface area contributed by atoms with Crippen molar-refractivity contribution < 1.29 is 10.2 Å². The third-order valence-corrected chi connectivity index (χ3v) is 6.70. The molecule has 4 aromatic rings. The summed E-state index contributed by atoms with van der Waals surface area (Å²) in [6.45, 7) is 3.95. The standard InChI is InChI=1S/C25H30N6O2/c1-2-29(16-19-7-9-20(10-8-19)31-14-5-13-28-31)23-21-11-15-30(24(21)27-18-26-23)17-25(33)12-4-3-6-22(25)32/h5,7-11,13-15,18,22,32-33H,2-4,6,12,16-17H2,1H3/t22-,25-/m0/s1. The molecule has 5 rings (SSSR count). The van der Waals surface area contributed by atoms with E-state index in [0.717, 1.165) is 48.5 Å². The van der Waals surface area contributed by atoms with Gasteiger partial charge in [-0.15, -0.1) is 0 Å². The van der Waals surface area contributed by atoms with E-state index in [0.29, 0.717) is 19.4 Å². The number of benzene rings is 1. The first-order valence-corrected chi connectivity index (χ1v) is 11.6. The van der Waals surface area contributed by atoms with Gasteiger partial charge in [0.15, 0.2) is 0 Å². The van der Waals surface area contributed by atoms with E-state index in [1.165, 1.54) is 5.56 Å². The van der Waals surface area contributed by atoms with Crippen molar-refractivity contribution in [2.45, 2.75) is 57.4 Å². The van der Waals surface area contributed by atoms with Gasteiger partial charge in [0.1, 0.15) is 23.4 Å². The number of aromatic nitrogens is 5. The molecular formula is C25H30N6O2. The zero-order valence-corrected chi connectivity index (χ0v) is 18.9. The van der Waals surface area contributed by atoms with Crippen LogP contribution in [0.1, 0.15) is 38.2 Å². The molecule has 1 aromatic carbocycles. The SMILES string of the molecule is CCN(Cc1ccc(-n2cccn2)cc1)c1ncnc2c1ccn2C[C@@]1(O)CCCC[C@@H]1O. The first kappa shape index (κ1) is 21.6. The van der Waals surface area contributed by atoms with Crippen LogP contribution in [0.5, 0.6) is 0 Å². The fourth-order valence-electron chi connectivity index (χ4n) is 4.79. The molecule has 0 radical (unpaired) electrons. The maximum absolute atomic E-state index is 11.1. The van der Waals surface area contributed by atoms with Crippen molar-refractivity contribution in [1.29, 1.82) is 0 Å². The second kappa shape index (κ2) is 8.96. The first-order valence-electron chi connectivity index (χ1n) is 11.6. The molecule has 1 aliphatic carbocycles. The molecule has 1 saturated carbocycles. The normalized spacial score (nSPS) is 20.9. The second-order valence-electron chi connectivity index (χ2n) is 8.87. The number of rotatable bonds is 7. The van der Waals surface area contributed by atoms with Crippen LogP contribution < -0.4 is 4.90 Å². The Morgan fingerprint density at radius 1 is 1.12 bits per heavy atom. The lowest BCUT2D eigenvalue weighted by Crippen LogP contribution is -2.48. The van der Waals surface area contributed by atoms with E-state index in [1.807, 2.05) is 33.8 Å². The number of aliphatic hydroxyl groups excluding tert-OH is 1.